The molecule has 0 atom stereocenters. The van der Waals surface area contributed by atoms with E-state index in [0.717, 1.165) is 19.6 Å². The fraction of sp³-hybridized carbons (Fsp3) is 0.643. The van der Waals surface area contributed by atoms with Crippen LogP contribution in [0.2, 0.25) is 0 Å². The molecule has 0 saturated carbocycles. The van der Waals surface area contributed by atoms with Crippen LogP contribution in [0.1, 0.15) is 30.5 Å². The molecule has 0 bridgehead atoms. The van der Waals surface area contributed by atoms with E-state index >= 15 is 0 Å². The van der Waals surface area contributed by atoms with E-state index in [1.165, 1.54) is 9.75 Å². The second-order valence-electron chi connectivity index (χ2n) is 5.69. The van der Waals surface area contributed by atoms with Crippen molar-refractivity contribution in [2.75, 3.05) is 19.6 Å². The normalized spacial score (nSPS) is 11.3. The largest absolute Gasteiger partial charge is 0.355 e. The zero-order valence-corrected chi connectivity index (χ0v) is 14.4. The Labute approximate surface area is 132 Å². The van der Waals surface area contributed by atoms with Crippen molar-refractivity contribution in [3.05, 3.63) is 21.9 Å². The number of nitrogens with two attached hydrogens (primary N) is 1. The third-order valence-electron chi connectivity index (χ3n) is 2.61. The van der Waals surface area contributed by atoms with Gasteiger partial charge in [0, 0.05) is 48.4 Å². The van der Waals surface area contributed by atoms with Crippen LogP contribution in [0.25, 0.3) is 0 Å². The number of nitrogens with one attached hydrogen (secondary N) is 1. The first-order valence-corrected chi connectivity index (χ1v) is 7.39. The van der Waals surface area contributed by atoms with Crippen LogP contribution in [0, 0.1) is 6.92 Å². The lowest BCUT2D eigenvalue weighted by molar-refractivity contribution is -0.119. The third-order valence-corrected chi connectivity index (χ3v) is 3.59. The lowest BCUT2D eigenvalue weighted by Crippen LogP contribution is -2.46. The maximum Gasteiger partial charge on any atom is 0.216 e. The van der Waals surface area contributed by atoms with Crippen molar-refractivity contribution < 1.29 is 4.79 Å². The molecule has 0 aliphatic carbocycles. The molecule has 0 saturated heterocycles. The Kier molecular flexibility index (Phi) is 8.35. The molecule has 0 radical (unpaired) electrons. The molecule has 20 heavy (non-hydrogen) atoms. The molecule has 0 aromatic carbocycles. The molecular formula is C14H26ClN3OS. The summed E-state index contributed by atoms with van der Waals surface area (Å²) in [6.07, 6.45) is 0. The quantitative estimate of drug-likeness (QED) is 0.809. The second-order valence-corrected chi connectivity index (χ2v) is 7.07. The van der Waals surface area contributed by atoms with Crippen LogP contribution in [0.5, 0.6) is 0 Å². The number of hydrogen-bond donors (Lipinski definition) is 2. The Morgan fingerprint density at radius 3 is 2.55 bits per heavy atom. The molecule has 0 fully saturated rings. The van der Waals surface area contributed by atoms with E-state index < -0.39 is 0 Å². The van der Waals surface area contributed by atoms with Gasteiger partial charge < -0.3 is 11.1 Å². The summed E-state index contributed by atoms with van der Waals surface area (Å²) < 4.78 is 0. The highest BCUT2D eigenvalue weighted by atomic mass is 35.5. The number of nitrogens with zero attached hydrogens (tertiary/aromatic N) is 1. The molecule has 3 N–H and O–H groups in total. The number of carbonyl (C=O) groups is 1. The van der Waals surface area contributed by atoms with Gasteiger partial charge >= 0.3 is 0 Å². The number of carbonyl (C=O) groups excluding carboxylic acids is 1. The average molecular weight is 320 g/mol. The maximum atomic E-state index is 10.9. The van der Waals surface area contributed by atoms with Gasteiger partial charge in [-0.15, -0.1) is 23.7 Å². The minimum absolute atomic E-state index is 0. The van der Waals surface area contributed by atoms with Crippen LogP contribution in [0.4, 0.5) is 0 Å². The van der Waals surface area contributed by atoms with Crippen LogP contribution in [0.15, 0.2) is 12.1 Å². The number of halogens is 1. The molecule has 0 spiro atoms. The highest BCUT2D eigenvalue weighted by Gasteiger charge is 2.17. The molecule has 0 aliphatic rings. The summed E-state index contributed by atoms with van der Waals surface area (Å²) in [7, 11) is 0. The van der Waals surface area contributed by atoms with E-state index in [9.17, 15) is 4.79 Å². The predicted octanol–water partition coefficient (Wildman–Crippen LogP) is 2.15. The Balaban J connectivity index is 0.00000361. The van der Waals surface area contributed by atoms with Crippen molar-refractivity contribution in [2.45, 2.75) is 39.8 Å². The molecule has 0 aliphatic heterocycles. The fourth-order valence-corrected chi connectivity index (χ4v) is 2.90. The summed E-state index contributed by atoms with van der Waals surface area (Å²) in [6, 6.07) is 4.30. The summed E-state index contributed by atoms with van der Waals surface area (Å²) in [5, 5.41) is 2.83. The lowest BCUT2D eigenvalue weighted by Gasteiger charge is -2.29. The Hall–Kier alpha value is -0.620. The van der Waals surface area contributed by atoms with Crippen LogP contribution in [-0.2, 0) is 11.3 Å². The summed E-state index contributed by atoms with van der Waals surface area (Å²) in [5.74, 6) is 0.0129. The Morgan fingerprint density at radius 2 is 2.10 bits per heavy atom. The van der Waals surface area contributed by atoms with Gasteiger partial charge in [-0.05, 0) is 32.9 Å². The molecule has 1 amide bonds. The third kappa shape index (κ3) is 8.53. The molecule has 4 nitrogen and oxygen atoms in total. The van der Waals surface area contributed by atoms with Gasteiger partial charge in [0.15, 0.2) is 0 Å². The highest BCUT2D eigenvalue weighted by Crippen LogP contribution is 2.17. The number of aryl methyl sites for hydroxylation is 1. The van der Waals surface area contributed by atoms with Gasteiger partial charge in [0.1, 0.15) is 0 Å². The Morgan fingerprint density at radius 1 is 1.45 bits per heavy atom. The minimum atomic E-state index is -0.234. The summed E-state index contributed by atoms with van der Waals surface area (Å²) >= 11 is 1.81. The highest BCUT2D eigenvalue weighted by molar-refractivity contribution is 7.11. The molecular weight excluding hydrogens is 294 g/mol. The zero-order valence-electron chi connectivity index (χ0n) is 12.7. The predicted molar refractivity (Wildman–Crippen MR) is 88.5 cm³/mol. The number of amides is 1. The van der Waals surface area contributed by atoms with Gasteiger partial charge in [0.05, 0.1) is 0 Å². The van der Waals surface area contributed by atoms with E-state index in [2.05, 4.69) is 29.3 Å². The number of hydrogen-bond acceptors (Lipinski definition) is 4. The van der Waals surface area contributed by atoms with Crippen molar-refractivity contribution in [2.24, 2.45) is 5.73 Å². The first kappa shape index (κ1) is 19.4. The van der Waals surface area contributed by atoms with E-state index in [1.807, 2.05) is 25.2 Å². The van der Waals surface area contributed by atoms with Gasteiger partial charge in [0.2, 0.25) is 5.91 Å². The molecule has 1 heterocycles. The van der Waals surface area contributed by atoms with Gasteiger partial charge in [0.25, 0.3) is 0 Å². The van der Waals surface area contributed by atoms with E-state index in [4.69, 9.17) is 5.73 Å². The number of rotatable bonds is 7. The summed E-state index contributed by atoms with van der Waals surface area (Å²) in [4.78, 5) is 15.9. The standard InChI is InChI=1S/C14H25N3OS.ClH/c1-11-5-6-13(19-11)9-17(10-14(3,4)15)8-7-16-12(2)18;/h5-6H,7-10,15H2,1-4H3,(H,16,18);1H. The van der Waals surface area contributed by atoms with Crippen molar-refractivity contribution >= 4 is 29.7 Å². The van der Waals surface area contributed by atoms with E-state index in [1.54, 1.807) is 6.92 Å². The first-order valence-electron chi connectivity index (χ1n) is 6.57. The van der Waals surface area contributed by atoms with Crippen LogP contribution in [0.3, 0.4) is 0 Å². The fourth-order valence-electron chi connectivity index (χ4n) is 1.97. The van der Waals surface area contributed by atoms with Gasteiger partial charge in [-0.2, -0.15) is 0 Å². The SMILES string of the molecule is CC(=O)NCCN(Cc1ccc(C)s1)CC(C)(C)N.Cl. The lowest BCUT2D eigenvalue weighted by atomic mass is 10.1. The van der Waals surface area contributed by atoms with Crippen molar-refractivity contribution in [1.29, 1.82) is 0 Å². The Bertz CT molecular complexity index is 415. The van der Waals surface area contributed by atoms with Gasteiger partial charge in [-0.3, -0.25) is 9.69 Å². The van der Waals surface area contributed by atoms with E-state index in [-0.39, 0.29) is 23.9 Å². The first-order chi connectivity index (χ1) is 8.76. The average Bonchev–Trinajstić information content (AvgIpc) is 2.60. The summed E-state index contributed by atoms with van der Waals surface area (Å²) in [6.45, 7) is 10.9. The molecule has 116 valence electrons. The number of thiophene rings is 1. The van der Waals surface area contributed by atoms with E-state index in [0.29, 0.717) is 6.54 Å². The molecule has 1 aromatic heterocycles. The topological polar surface area (TPSA) is 58.4 Å². The van der Waals surface area contributed by atoms with Crippen LogP contribution >= 0.6 is 23.7 Å². The molecule has 0 unspecified atom stereocenters. The monoisotopic (exact) mass is 319 g/mol. The molecule has 1 rings (SSSR count). The van der Waals surface area contributed by atoms with Crippen molar-refractivity contribution in [3.8, 4) is 0 Å². The molecule has 6 heteroatoms. The van der Waals surface area contributed by atoms with Crippen LogP contribution in [-0.4, -0.2) is 36.0 Å². The smallest absolute Gasteiger partial charge is 0.216 e. The van der Waals surface area contributed by atoms with Crippen molar-refractivity contribution in [1.82, 2.24) is 10.2 Å². The maximum absolute atomic E-state index is 10.9. The second kappa shape index (κ2) is 8.62. The van der Waals surface area contributed by atoms with Gasteiger partial charge in [-0.25, -0.2) is 0 Å². The van der Waals surface area contributed by atoms with Crippen molar-refractivity contribution in [3.63, 3.8) is 0 Å². The zero-order chi connectivity index (χ0) is 14.5. The molecule has 1 aromatic rings. The minimum Gasteiger partial charge on any atom is -0.355 e. The summed E-state index contributed by atoms with van der Waals surface area (Å²) in [5.41, 5.74) is 5.87. The van der Waals surface area contributed by atoms with Gasteiger partial charge in [-0.1, -0.05) is 0 Å². The van der Waals surface area contributed by atoms with Crippen LogP contribution < -0.4 is 11.1 Å².